The van der Waals surface area contributed by atoms with Gasteiger partial charge in [-0.1, -0.05) is 37.1 Å². The average molecular weight is 398 g/mol. The lowest BCUT2D eigenvalue weighted by Gasteiger charge is -2.37. The lowest BCUT2D eigenvalue weighted by atomic mass is 9.86. The van der Waals surface area contributed by atoms with E-state index in [1.807, 2.05) is 23.1 Å². The maximum atomic E-state index is 13.6. The van der Waals surface area contributed by atoms with Crippen LogP contribution in [0, 0.1) is 11.7 Å². The molecule has 1 fully saturated rings. The zero-order chi connectivity index (χ0) is 20.2. The average Bonchev–Trinajstić information content (AvgIpc) is 2.73. The zero-order valence-corrected chi connectivity index (χ0v) is 16.4. The van der Waals surface area contributed by atoms with Crippen LogP contribution in [0.5, 0.6) is 0 Å². The molecule has 4 rings (SSSR count). The van der Waals surface area contributed by atoms with E-state index in [0.717, 1.165) is 37.7 Å². The van der Waals surface area contributed by atoms with E-state index in [1.54, 1.807) is 12.3 Å². The van der Waals surface area contributed by atoms with Crippen LogP contribution in [0.4, 0.5) is 4.39 Å². The van der Waals surface area contributed by atoms with E-state index in [1.165, 1.54) is 12.1 Å². The highest BCUT2D eigenvalue weighted by Gasteiger charge is 2.31. The van der Waals surface area contributed by atoms with Gasteiger partial charge in [-0.15, -0.1) is 0 Å². The van der Waals surface area contributed by atoms with Gasteiger partial charge >= 0.3 is 0 Å². The van der Waals surface area contributed by atoms with Gasteiger partial charge in [0, 0.05) is 25.2 Å². The molecule has 1 aromatic rings. The number of nitrogens with one attached hydrogen (secondary N) is 1. The van der Waals surface area contributed by atoms with Gasteiger partial charge in [-0.3, -0.25) is 4.79 Å². The predicted molar refractivity (Wildman–Crippen MR) is 108 cm³/mol. The van der Waals surface area contributed by atoms with Gasteiger partial charge in [0.25, 0.3) is 5.91 Å². The number of carbonyl (C=O) groups is 1. The molecule has 5 nitrogen and oxygen atoms in total. The lowest BCUT2D eigenvalue weighted by molar-refractivity contribution is -0.121. The number of fused-ring (bicyclic) bond motifs is 1. The van der Waals surface area contributed by atoms with Gasteiger partial charge in [0.2, 0.25) is 5.76 Å². The number of benzene rings is 1. The SMILES string of the molecule is O=C(NCC1CCCC[C@@H]1O)C1=CN(Cc2cccc(F)c2)C2CC=CC=C2O1. The first-order valence-corrected chi connectivity index (χ1v) is 10.3. The number of hydrogen-bond donors (Lipinski definition) is 2. The molecule has 1 aliphatic heterocycles. The molecule has 3 atom stereocenters. The van der Waals surface area contributed by atoms with Crippen LogP contribution in [0.25, 0.3) is 0 Å². The summed E-state index contributed by atoms with van der Waals surface area (Å²) in [5.41, 5.74) is 0.835. The highest BCUT2D eigenvalue weighted by molar-refractivity contribution is 5.91. The first-order valence-electron chi connectivity index (χ1n) is 10.3. The molecule has 1 heterocycles. The minimum absolute atomic E-state index is 0.0139. The number of hydrogen-bond acceptors (Lipinski definition) is 4. The van der Waals surface area contributed by atoms with Crippen LogP contribution in [0.3, 0.4) is 0 Å². The van der Waals surface area contributed by atoms with Crippen molar-refractivity contribution in [3.8, 4) is 0 Å². The van der Waals surface area contributed by atoms with Crippen LogP contribution >= 0.6 is 0 Å². The third-order valence-corrected chi connectivity index (χ3v) is 5.87. The number of halogens is 1. The van der Waals surface area contributed by atoms with E-state index in [0.29, 0.717) is 18.8 Å². The number of rotatable bonds is 5. The molecule has 2 N–H and O–H groups in total. The van der Waals surface area contributed by atoms with Gasteiger partial charge in [0.05, 0.1) is 12.1 Å². The van der Waals surface area contributed by atoms with Crippen molar-refractivity contribution in [3.63, 3.8) is 0 Å². The molecule has 1 saturated carbocycles. The van der Waals surface area contributed by atoms with Crippen LogP contribution in [0.2, 0.25) is 0 Å². The van der Waals surface area contributed by atoms with E-state index in [9.17, 15) is 14.3 Å². The van der Waals surface area contributed by atoms with Crippen molar-refractivity contribution < 1.29 is 19.0 Å². The molecular weight excluding hydrogens is 371 g/mol. The van der Waals surface area contributed by atoms with Crippen LogP contribution in [-0.4, -0.2) is 34.6 Å². The van der Waals surface area contributed by atoms with Gasteiger partial charge < -0.3 is 20.1 Å². The quantitative estimate of drug-likeness (QED) is 0.798. The number of ether oxygens (including phenoxy) is 1. The Morgan fingerprint density at radius 3 is 3.00 bits per heavy atom. The Morgan fingerprint density at radius 2 is 2.17 bits per heavy atom. The number of allylic oxidation sites excluding steroid dienone is 2. The fourth-order valence-electron chi connectivity index (χ4n) is 4.24. The Balaban J connectivity index is 1.48. The summed E-state index contributed by atoms with van der Waals surface area (Å²) in [6.45, 7) is 0.919. The Hall–Kier alpha value is -2.60. The third-order valence-electron chi connectivity index (χ3n) is 5.87. The molecule has 0 aromatic heterocycles. The second kappa shape index (κ2) is 8.82. The summed E-state index contributed by atoms with van der Waals surface area (Å²) in [7, 11) is 0. The highest BCUT2D eigenvalue weighted by Crippen LogP contribution is 2.30. The van der Waals surface area contributed by atoms with Crippen LogP contribution in [-0.2, 0) is 16.1 Å². The number of aliphatic hydroxyl groups is 1. The van der Waals surface area contributed by atoms with Gasteiger partial charge in [-0.05, 0) is 43.0 Å². The first-order chi connectivity index (χ1) is 14.1. The van der Waals surface area contributed by atoms with Gasteiger partial charge in [0.15, 0.2) is 0 Å². The van der Waals surface area contributed by atoms with Crippen molar-refractivity contribution >= 4 is 5.91 Å². The third kappa shape index (κ3) is 4.70. The molecule has 0 bridgehead atoms. The van der Waals surface area contributed by atoms with E-state index in [2.05, 4.69) is 11.4 Å². The minimum atomic E-state index is -0.356. The smallest absolute Gasteiger partial charge is 0.288 e. The molecule has 0 saturated heterocycles. The summed E-state index contributed by atoms with van der Waals surface area (Å²) < 4.78 is 19.5. The van der Waals surface area contributed by atoms with Crippen molar-refractivity contribution in [3.05, 3.63) is 71.6 Å². The normalized spacial score (nSPS) is 26.1. The fourth-order valence-corrected chi connectivity index (χ4v) is 4.24. The molecule has 2 aliphatic carbocycles. The van der Waals surface area contributed by atoms with Crippen molar-refractivity contribution in [1.29, 1.82) is 0 Å². The molecular formula is C23H27FN2O3. The zero-order valence-electron chi connectivity index (χ0n) is 16.4. The van der Waals surface area contributed by atoms with Crippen LogP contribution < -0.4 is 5.32 Å². The van der Waals surface area contributed by atoms with Gasteiger partial charge in [-0.2, -0.15) is 0 Å². The number of nitrogens with zero attached hydrogens (tertiary/aromatic N) is 1. The van der Waals surface area contributed by atoms with E-state index in [4.69, 9.17) is 4.74 Å². The molecule has 6 heteroatoms. The van der Waals surface area contributed by atoms with E-state index in [-0.39, 0.29) is 35.5 Å². The van der Waals surface area contributed by atoms with Gasteiger partial charge in [0.1, 0.15) is 11.6 Å². The summed E-state index contributed by atoms with van der Waals surface area (Å²) in [5.74, 6) is 0.465. The monoisotopic (exact) mass is 398 g/mol. The molecule has 154 valence electrons. The molecule has 0 spiro atoms. The van der Waals surface area contributed by atoms with E-state index < -0.39 is 0 Å². The van der Waals surface area contributed by atoms with Crippen LogP contribution in [0.1, 0.15) is 37.7 Å². The summed E-state index contributed by atoms with van der Waals surface area (Å²) in [5, 5.41) is 13.0. The Labute approximate surface area is 170 Å². The summed E-state index contributed by atoms with van der Waals surface area (Å²) in [6, 6.07) is 6.48. The Kier molecular flexibility index (Phi) is 6.00. The molecule has 2 unspecified atom stereocenters. The second-order valence-electron chi connectivity index (χ2n) is 7.97. The minimum Gasteiger partial charge on any atom is -0.452 e. The maximum absolute atomic E-state index is 13.6. The second-order valence-corrected chi connectivity index (χ2v) is 7.97. The lowest BCUT2D eigenvalue weighted by Crippen LogP contribution is -2.42. The molecule has 0 radical (unpaired) electrons. The molecule has 29 heavy (non-hydrogen) atoms. The van der Waals surface area contributed by atoms with Crippen molar-refractivity contribution in [1.82, 2.24) is 10.2 Å². The number of amides is 1. The predicted octanol–water partition coefficient (Wildman–Crippen LogP) is 3.38. The van der Waals surface area contributed by atoms with Crippen molar-refractivity contribution in [2.24, 2.45) is 5.92 Å². The highest BCUT2D eigenvalue weighted by atomic mass is 19.1. The number of carbonyl (C=O) groups excluding carboxylic acids is 1. The molecule has 3 aliphatic rings. The van der Waals surface area contributed by atoms with E-state index >= 15 is 0 Å². The largest absolute Gasteiger partial charge is 0.452 e. The van der Waals surface area contributed by atoms with Crippen molar-refractivity contribution in [2.75, 3.05) is 6.54 Å². The van der Waals surface area contributed by atoms with Gasteiger partial charge in [-0.25, -0.2) is 4.39 Å². The number of aliphatic hydroxyl groups excluding tert-OH is 1. The Bertz CT molecular complexity index is 848. The maximum Gasteiger partial charge on any atom is 0.288 e. The summed E-state index contributed by atoms with van der Waals surface area (Å²) >= 11 is 0. The summed E-state index contributed by atoms with van der Waals surface area (Å²) in [6.07, 6.45) is 11.8. The van der Waals surface area contributed by atoms with Crippen LogP contribution in [0.15, 0.2) is 60.2 Å². The first kappa shape index (κ1) is 19.7. The Morgan fingerprint density at radius 1 is 1.31 bits per heavy atom. The standard InChI is InChI=1S/C23H27FN2O3/c24-18-8-5-6-16(12-18)14-26-15-22(29-21-11-4-2-9-19(21)26)23(28)25-13-17-7-1-3-10-20(17)27/h2,4-6,8,11-12,15,17,19-20,27H,1,3,7,9-10,13-14H2,(H,25,28)/t17?,19?,20-/m0/s1. The summed E-state index contributed by atoms with van der Waals surface area (Å²) in [4.78, 5) is 14.8. The van der Waals surface area contributed by atoms with Crippen molar-refractivity contribution in [2.45, 2.75) is 50.8 Å². The molecule has 1 amide bonds. The topological polar surface area (TPSA) is 61.8 Å². The molecule has 1 aromatic carbocycles. The fraction of sp³-hybridized carbons (Fsp3) is 0.435.